The van der Waals surface area contributed by atoms with Gasteiger partial charge in [-0.2, -0.15) is 8.42 Å². The van der Waals surface area contributed by atoms with E-state index in [1.54, 1.807) is 19.2 Å². The van der Waals surface area contributed by atoms with E-state index in [-0.39, 0.29) is 4.90 Å². The Kier molecular flexibility index (Phi) is 4.20. The molecule has 0 amide bonds. The van der Waals surface area contributed by atoms with Gasteiger partial charge in [0, 0.05) is 31.0 Å². The van der Waals surface area contributed by atoms with Gasteiger partial charge in [0.25, 0.3) is 10.1 Å². The van der Waals surface area contributed by atoms with Gasteiger partial charge in [-0.15, -0.1) is 0 Å². The number of rotatable bonds is 4. The second kappa shape index (κ2) is 5.75. The van der Waals surface area contributed by atoms with Gasteiger partial charge in [0.1, 0.15) is 4.90 Å². The maximum Gasteiger partial charge on any atom is 0.295 e. The van der Waals surface area contributed by atoms with Gasteiger partial charge < -0.3 is 10.6 Å². The highest BCUT2D eigenvalue weighted by molar-refractivity contribution is 7.86. The maximum absolute atomic E-state index is 11.6. The Labute approximate surface area is 124 Å². The van der Waals surface area contributed by atoms with Crippen LogP contribution in [0, 0.1) is 6.92 Å². The normalized spacial score (nSPS) is 11.2. The Balaban J connectivity index is 2.69. The van der Waals surface area contributed by atoms with Gasteiger partial charge in [0.15, 0.2) is 0 Å². The van der Waals surface area contributed by atoms with E-state index in [0.29, 0.717) is 11.3 Å². The van der Waals surface area contributed by atoms with Crippen LogP contribution in [0.4, 0.5) is 11.4 Å². The molecule has 6 heteroatoms. The fourth-order valence-corrected chi connectivity index (χ4v) is 2.97. The standard InChI is InChI=1S/C15H18N2O3S/c1-10-8-11(16-2)4-6-13(10)14-7-5-12(17-3)9-15(14)21(18,19)20/h4-9,16-17H,1-3H3,(H,18,19,20). The molecule has 2 aromatic rings. The molecule has 2 rings (SSSR count). The van der Waals surface area contributed by atoms with Crippen molar-refractivity contribution in [3.63, 3.8) is 0 Å². The highest BCUT2D eigenvalue weighted by Crippen LogP contribution is 2.33. The predicted octanol–water partition coefficient (Wildman–Crippen LogP) is 2.99. The van der Waals surface area contributed by atoms with Crippen LogP contribution in [0.2, 0.25) is 0 Å². The summed E-state index contributed by atoms with van der Waals surface area (Å²) in [5.74, 6) is 0. The first-order valence-electron chi connectivity index (χ1n) is 6.45. The molecule has 3 N–H and O–H groups in total. The van der Waals surface area contributed by atoms with Crippen molar-refractivity contribution in [2.45, 2.75) is 11.8 Å². The zero-order valence-corrected chi connectivity index (χ0v) is 13.0. The fraction of sp³-hybridized carbons (Fsp3) is 0.200. The van der Waals surface area contributed by atoms with Crippen molar-refractivity contribution in [1.82, 2.24) is 0 Å². The molecule has 0 aliphatic rings. The highest BCUT2D eigenvalue weighted by Gasteiger charge is 2.18. The molecular formula is C15H18N2O3S. The lowest BCUT2D eigenvalue weighted by molar-refractivity contribution is 0.483. The van der Waals surface area contributed by atoms with Gasteiger partial charge in [0.05, 0.1) is 0 Å². The minimum atomic E-state index is -4.30. The quantitative estimate of drug-likeness (QED) is 0.757. The third-order valence-corrected chi connectivity index (χ3v) is 4.25. The van der Waals surface area contributed by atoms with Crippen LogP contribution in [0.15, 0.2) is 41.3 Å². The SMILES string of the molecule is CNc1ccc(-c2ccc(NC)cc2S(=O)(=O)O)c(C)c1. The monoisotopic (exact) mass is 306 g/mol. The van der Waals surface area contributed by atoms with Crippen molar-refractivity contribution >= 4 is 21.5 Å². The molecule has 0 unspecified atom stereocenters. The molecule has 0 aliphatic heterocycles. The molecular weight excluding hydrogens is 288 g/mol. The summed E-state index contributed by atoms with van der Waals surface area (Å²) in [6, 6.07) is 10.5. The Bertz CT molecular complexity index is 770. The maximum atomic E-state index is 11.6. The molecule has 0 atom stereocenters. The number of aryl methyl sites for hydroxylation is 1. The van der Waals surface area contributed by atoms with Crippen molar-refractivity contribution in [1.29, 1.82) is 0 Å². The summed E-state index contributed by atoms with van der Waals surface area (Å²) in [4.78, 5) is -0.102. The number of benzene rings is 2. The zero-order chi connectivity index (χ0) is 15.6. The number of anilines is 2. The molecule has 0 bridgehead atoms. The van der Waals surface area contributed by atoms with Gasteiger partial charge >= 0.3 is 0 Å². The van der Waals surface area contributed by atoms with E-state index in [9.17, 15) is 13.0 Å². The molecule has 21 heavy (non-hydrogen) atoms. The van der Waals surface area contributed by atoms with E-state index in [4.69, 9.17) is 0 Å². The summed E-state index contributed by atoms with van der Waals surface area (Å²) in [6.07, 6.45) is 0. The molecule has 0 fully saturated rings. The van der Waals surface area contributed by atoms with E-state index < -0.39 is 10.1 Å². The topological polar surface area (TPSA) is 78.4 Å². The van der Waals surface area contributed by atoms with Crippen molar-refractivity contribution < 1.29 is 13.0 Å². The largest absolute Gasteiger partial charge is 0.388 e. The van der Waals surface area contributed by atoms with E-state index >= 15 is 0 Å². The first-order chi connectivity index (χ1) is 9.86. The summed E-state index contributed by atoms with van der Waals surface area (Å²) in [7, 11) is -0.793. The minimum absolute atomic E-state index is 0.102. The van der Waals surface area contributed by atoms with Crippen molar-refractivity contribution in [2.24, 2.45) is 0 Å². The van der Waals surface area contributed by atoms with Crippen LogP contribution in [0.5, 0.6) is 0 Å². The molecule has 0 saturated carbocycles. The van der Waals surface area contributed by atoms with Crippen LogP contribution in [-0.2, 0) is 10.1 Å². The van der Waals surface area contributed by atoms with E-state index in [1.807, 2.05) is 32.2 Å². The second-order valence-corrected chi connectivity index (χ2v) is 6.11. The number of hydrogen-bond acceptors (Lipinski definition) is 4. The van der Waals surface area contributed by atoms with Gasteiger partial charge in [-0.1, -0.05) is 12.1 Å². The third-order valence-electron chi connectivity index (χ3n) is 3.35. The van der Waals surface area contributed by atoms with Crippen molar-refractivity contribution in [3.05, 3.63) is 42.0 Å². The van der Waals surface area contributed by atoms with Crippen LogP contribution < -0.4 is 10.6 Å². The molecule has 0 heterocycles. The summed E-state index contributed by atoms with van der Waals surface area (Å²) >= 11 is 0. The first kappa shape index (κ1) is 15.3. The number of hydrogen-bond donors (Lipinski definition) is 3. The fourth-order valence-electron chi connectivity index (χ4n) is 2.24. The Hall–Kier alpha value is -2.05. The van der Waals surface area contributed by atoms with Gasteiger partial charge in [-0.25, -0.2) is 0 Å². The van der Waals surface area contributed by atoms with E-state index in [2.05, 4.69) is 10.6 Å². The molecule has 0 aromatic heterocycles. The lowest BCUT2D eigenvalue weighted by atomic mass is 9.99. The van der Waals surface area contributed by atoms with Crippen LogP contribution in [0.3, 0.4) is 0 Å². The van der Waals surface area contributed by atoms with Crippen molar-refractivity contribution in [3.8, 4) is 11.1 Å². The average Bonchev–Trinajstić information content (AvgIpc) is 2.45. The second-order valence-electron chi connectivity index (χ2n) is 4.72. The molecule has 112 valence electrons. The molecule has 0 saturated heterocycles. The molecule has 0 aliphatic carbocycles. The molecule has 5 nitrogen and oxygen atoms in total. The summed E-state index contributed by atoms with van der Waals surface area (Å²) < 4.78 is 32.8. The Morgan fingerprint density at radius 2 is 1.43 bits per heavy atom. The number of nitrogens with one attached hydrogen (secondary N) is 2. The van der Waals surface area contributed by atoms with Crippen LogP contribution in [-0.4, -0.2) is 27.1 Å². The first-order valence-corrected chi connectivity index (χ1v) is 7.89. The lowest BCUT2D eigenvalue weighted by Gasteiger charge is -2.13. The molecule has 0 spiro atoms. The van der Waals surface area contributed by atoms with Gasteiger partial charge in [-0.05, 0) is 42.3 Å². The van der Waals surface area contributed by atoms with Gasteiger partial charge in [0.2, 0.25) is 0 Å². The van der Waals surface area contributed by atoms with Crippen LogP contribution in [0.1, 0.15) is 5.56 Å². The molecule has 0 radical (unpaired) electrons. The van der Waals surface area contributed by atoms with Crippen LogP contribution >= 0.6 is 0 Å². The average molecular weight is 306 g/mol. The smallest absolute Gasteiger partial charge is 0.295 e. The Morgan fingerprint density at radius 3 is 1.90 bits per heavy atom. The van der Waals surface area contributed by atoms with Gasteiger partial charge in [-0.3, -0.25) is 4.55 Å². The van der Waals surface area contributed by atoms with E-state index in [0.717, 1.165) is 16.8 Å². The summed E-state index contributed by atoms with van der Waals surface area (Å²) in [6.45, 7) is 1.90. The lowest BCUT2D eigenvalue weighted by Crippen LogP contribution is -2.03. The van der Waals surface area contributed by atoms with Crippen molar-refractivity contribution in [2.75, 3.05) is 24.7 Å². The predicted molar refractivity (Wildman–Crippen MR) is 85.5 cm³/mol. The Morgan fingerprint density at radius 1 is 0.905 bits per heavy atom. The van der Waals surface area contributed by atoms with E-state index in [1.165, 1.54) is 6.07 Å². The summed E-state index contributed by atoms with van der Waals surface area (Å²) in [5, 5.41) is 5.90. The molecule has 2 aromatic carbocycles. The summed E-state index contributed by atoms with van der Waals surface area (Å²) in [5.41, 5.74) is 3.73. The third kappa shape index (κ3) is 3.17. The zero-order valence-electron chi connectivity index (χ0n) is 12.1. The van der Waals surface area contributed by atoms with Crippen LogP contribution in [0.25, 0.3) is 11.1 Å². The highest BCUT2D eigenvalue weighted by atomic mass is 32.2. The minimum Gasteiger partial charge on any atom is -0.388 e.